The third-order valence-corrected chi connectivity index (χ3v) is 5.33. The Labute approximate surface area is 155 Å². The number of fused-ring (bicyclic) bond motifs is 2. The van der Waals surface area contributed by atoms with Crippen LogP contribution in [0.3, 0.4) is 0 Å². The third kappa shape index (κ3) is 2.32. The number of H-pyrrole nitrogens is 1. The number of benzene rings is 1. The molecule has 0 saturated heterocycles. The molecule has 0 unspecified atom stereocenters. The van der Waals surface area contributed by atoms with Crippen LogP contribution in [0.5, 0.6) is 0 Å². The Hall–Kier alpha value is -3.04. The second kappa shape index (κ2) is 5.75. The van der Waals surface area contributed by atoms with Crippen molar-refractivity contribution in [2.75, 3.05) is 5.32 Å². The summed E-state index contributed by atoms with van der Waals surface area (Å²) in [6.07, 6.45) is 5.18. The summed E-state index contributed by atoms with van der Waals surface area (Å²) >= 11 is 7.88. The van der Waals surface area contributed by atoms with E-state index < -0.39 is 0 Å². The van der Waals surface area contributed by atoms with Crippen molar-refractivity contribution in [2.45, 2.75) is 0 Å². The van der Waals surface area contributed by atoms with Crippen molar-refractivity contribution in [1.82, 2.24) is 34.9 Å². The molecule has 0 radical (unpaired) electrons. The van der Waals surface area contributed by atoms with Gasteiger partial charge in [-0.3, -0.25) is 5.10 Å². The number of nitrogens with zero attached hydrogens (tertiary/aromatic N) is 6. The fourth-order valence-electron chi connectivity index (χ4n) is 2.78. The van der Waals surface area contributed by atoms with Crippen molar-refractivity contribution in [3.63, 3.8) is 0 Å². The molecule has 128 valence electrons. The second-order valence-electron chi connectivity index (χ2n) is 5.68. The van der Waals surface area contributed by atoms with E-state index in [-0.39, 0.29) is 0 Å². The van der Waals surface area contributed by atoms with Crippen LogP contribution in [0.25, 0.3) is 32.6 Å². The Morgan fingerprint density at radius 3 is 3.04 bits per heavy atom. The Morgan fingerprint density at radius 1 is 1.19 bits per heavy atom. The summed E-state index contributed by atoms with van der Waals surface area (Å²) in [5, 5.41) is 21.5. The zero-order valence-electron chi connectivity index (χ0n) is 13.4. The van der Waals surface area contributed by atoms with E-state index in [1.165, 1.54) is 11.3 Å². The number of aryl methyl sites for hydroxylation is 1. The van der Waals surface area contributed by atoms with Gasteiger partial charge in [0.2, 0.25) is 5.13 Å². The molecule has 2 N–H and O–H groups in total. The van der Waals surface area contributed by atoms with Gasteiger partial charge in [-0.05, 0) is 18.2 Å². The topological polar surface area (TPSA) is 97.2 Å². The van der Waals surface area contributed by atoms with Crippen LogP contribution < -0.4 is 5.32 Å². The molecule has 0 spiro atoms. The first-order valence-electron chi connectivity index (χ1n) is 7.69. The molecule has 0 saturated carbocycles. The number of hydrogen-bond acceptors (Lipinski definition) is 7. The van der Waals surface area contributed by atoms with Gasteiger partial charge >= 0.3 is 0 Å². The van der Waals surface area contributed by atoms with Gasteiger partial charge in [0, 0.05) is 24.2 Å². The maximum atomic E-state index is 6.45. The average Bonchev–Trinajstić information content (AvgIpc) is 3.38. The molecule has 0 aliphatic carbocycles. The second-order valence-corrected chi connectivity index (χ2v) is 7.04. The minimum Gasteiger partial charge on any atom is -0.329 e. The SMILES string of the molecule is Cn1cnc2c(-c3nnc(Nc4ccc5[nH]ncc5c4Cl)s3)ccnc21. The van der Waals surface area contributed by atoms with Crippen LogP contribution in [0.2, 0.25) is 5.02 Å². The molecule has 0 atom stereocenters. The van der Waals surface area contributed by atoms with Gasteiger partial charge in [-0.15, -0.1) is 10.2 Å². The van der Waals surface area contributed by atoms with E-state index in [4.69, 9.17) is 11.6 Å². The normalized spacial score (nSPS) is 11.5. The van der Waals surface area contributed by atoms with E-state index in [0.29, 0.717) is 10.2 Å². The highest BCUT2D eigenvalue weighted by atomic mass is 35.5. The predicted octanol–water partition coefficient (Wildman–Crippen LogP) is 3.76. The smallest absolute Gasteiger partial charge is 0.210 e. The summed E-state index contributed by atoms with van der Waals surface area (Å²) in [6.45, 7) is 0. The van der Waals surface area contributed by atoms with Crippen LogP contribution in [0.15, 0.2) is 36.9 Å². The van der Waals surface area contributed by atoms with Crippen molar-refractivity contribution >= 4 is 55.8 Å². The lowest BCUT2D eigenvalue weighted by Crippen LogP contribution is -1.90. The number of halogens is 1. The van der Waals surface area contributed by atoms with Gasteiger partial charge in [0.1, 0.15) is 5.52 Å². The lowest BCUT2D eigenvalue weighted by molar-refractivity contribution is 0.931. The number of nitrogens with one attached hydrogen (secondary N) is 2. The minimum atomic E-state index is 0.587. The standard InChI is InChI=1S/C16H11ClN8S/c1-25-7-19-13-8(4-5-18-14(13)25)15-23-24-16(26-15)21-11-3-2-10-9(12(11)17)6-20-22-10/h2-7H,1H3,(H,20,22)(H,21,24). The molecule has 1 aromatic carbocycles. The maximum absolute atomic E-state index is 6.45. The zero-order valence-corrected chi connectivity index (χ0v) is 15.0. The summed E-state index contributed by atoms with van der Waals surface area (Å²) < 4.78 is 1.87. The molecule has 4 heterocycles. The fourth-order valence-corrected chi connectivity index (χ4v) is 3.82. The number of pyridine rings is 1. The molecular formula is C16H11ClN8S. The molecule has 4 aromatic heterocycles. The Balaban J connectivity index is 1.52. The van der Waals surface area contributed by atoms with Crippen molar-refractivity contribution in [2.24, 2.45) is 7.05 Å². The molecule has 0 aliphatic heterocycles. The summed E-state index contributed by atoms with van der Waals surface area (Å²) in [7, 11) is 1.91. The third-order valence-electron chi connectivity index (χ3n) is 4.05. The highest BCUT2D eigenvalue weighted by Crippen LogP contribution is 2.35. The van der Waals surface area contributed by atoms with E-state index >= 15 is 0 Å². The number of hydrogen-bond donors (Lipinski definition) is 2. The van der Waals surface area contributed by atoms with Crippen LogP contribution in [0.1, 0.15) is 0 Å². The lowest BCUT2D eigenvalue weighted by Gasteiger charge is -2.05. The van der Waals surface area contributed by atoms with Crippen LogP contribution in [-0.4, -0.2) is 34.9 Å². The molecule has 0 aliphatic rings. The molecule has 5 rings (SSSR count). The van der Waals surface area contributed by atoms with Crippen LogP contribution in [-0.2, 0) is 7.05 Å². The molecule has 0 fully saturated rings. The monoisotopic (exact) mass is 382 g/mol. The van der Waals surface area contributed by atoms with Crippen molar-refractivity contribution < 1.29 is 0 Å². The van der Waals surface area contributed by atoms with E-state index in [9.17, 15) is 0 Å². The van der Waals surface area contributed by atoms with E-state index in [2.05, 4.69) is 35.7 Å². The predicted molar refractivity (Wildman–Crippen MR) is 102 cm³/mol. The van der Waals surface area contributed by atoms with Gasteiger partial charge in [-0.25, -0.2) is 9.97 Å². The Kier molecular flexibility index (Phi) is 3.37. The number of imidazole rings is 1. The molecule has 5 aromatic rings. The van der Waals surface area contributed by atoms with Gasteiger partial charge in [0.05, 0.1) is 28.8 Å². The summed E-state index contributed by atoms with van der Waals surface area (Å²) in [5.41, 5.74) is 4.14. The molecule has 8 nitrogen and oxygen atoms in total. The summed E-state index contributed by atoms with van der Waals surface area (Å²) in [5.74, 6) is 0. The number of aromatic nitrogens is 7. The van der Waals surface area contributed by atoms with Gasteiger partial charge in [0.25, 0.3) is 0 Å². The van der Waals surface area contributed by atoms with Gasteiger partial charge in [0.15, 0.2) is 10.7 Å². The van der Waals surface area contributed by atoms with Crippen LogP contribution >= 0.6 is 22.9 Å². The summed E-state index contributed by atoms with van der Waals surface area (Å²) in [4.78, 5) is 8.77. The fraction of sp³-hybridized carbons (Fsp3) is 0.0625. The van der Waals surface area contributed by atoms with Crippen molar-refractivity contribution in [3.8, 4) is 10.6 Å². The van der Waals surface area contributed by atoms with Crippen molar-refractivity contribution in [3.05, 3.63) is 41.9 Å². The van der Waals surface area contributed by atoms with Crippen molar-refractivity contribution in [1.29, 1.82) is 0 Å². The van der Waals surface area contributed by atoms with E-state index in [1.807, 2.05) is 29.8 Å². The van der Waals surface area contributed by atoms with Gasteiger partial charge in [-0.2, -0.15) is 5.10 Å². The summed E-state index contributed by atoms with van der Waals surface area (Å²) in [6, 6.07) is 5.69. The van der Waals surface area contributed by atoms with Gasteiger partial charge in [-0.1, -0.05) is 22.9 Å². The van der Waals surface area contributed by atoms with Crippen LogP contribution in [0.4, 0.5) is 10.8 Å². The molecule has 10 heteroatoms. The Morgan fingerprint density at radius 2 is 2.12 bits per heavy atom. The maximum Gasteiger partial charge on any atom is 0.210 e. The first-order valence-corrected chi connectivity index (χ1v) is 8.88. The number of aromatic amines is 1. The molecular weight excluding hydrogens is 372 g/mol. The molecule has 0 amide bonds. The first kappa shape index (κ1) is 15.2. The largest absolute Gasteiger partial charge is 0.329 e. The molecule has 0 bridgehead atoms. The van der Waals surface area contributed by atoms with Gasteiger partial charge < -0.3 is 9.88 Å². The zero-order chi connectivity index (χ0) is 17.7. The quantitative estimate of drug-likeness (QED) is 0.493. The minimum absolute atomic E-state index is 0.587. The van der Waals surface area contributed by atoms with Crippen LogP contribution in [0, 0.1) is 0 Å². The highest BCUT2D eigenvalue weighted by Gasteiger charge is 2.15. The first-order chi connectivity index (χ1) is 12.7. The Bertz CT molecular complexity index is 1250. The molecule has 26 heavy (non-hydrogen) atoms. The lowest BCUT2D eigenvalue weighted by atomic mass is 10.2. The average molecular weight is 383 g/mol. The number of rotatable bonds is 3. The number of anilines is 2. The van der Waals surface area contributed by atoms with E-state index in [1.54, 1.807) is 18.7 Å². The highest BCUT2D eigenvalue weighted by molar-refractivity contribution is 7.18. The van der Waals surface area contributed by atoms with E-state index in [0.717, 1.165) is 38.3 Å².